The molecular formula is C12H13N3O2. The lowest BCUT2D eigenvalue weighted by atomic mass is 10.1. The average molecular weight is 231 g/mol. The van der Waals surface area contributed by atoms with Crippen molar-refractivity contribution < 1.29 is 4.74 Å². The molecule has 0 atom stereocenters. The first-order valence-corrected chi connectivity index (χ1v) is 5.16. The van der Waals surface area contributed by atoms with E-state index in [1.54, 1.807) is 0 Å². The maximum Gasteiger partial charge on any atom is 0.256 e. The van der Waals surface area contributed by atoms with E-state index in [1.807, 2.05) is 32.0 Å². The Labute approximate surface area is 98.3 Å². The second kappa shape index (κ2) is 4.29. The second-order valence-electron chi connectivity index (χ2n) is 3.84. The van der Waals surface area contributed by atoms with Crippen LogP contribution in [0.15, 0.2) is 29.1 Å². The fourth-order valence-electron chi connectivity index (χ4n) is 1.44. The van der Waals surface area contributed by atoms with Gasteiger partial charge in [-0.2, -0.15) is 4.98 Å². The summed E-state index contributed by atoms with van der Waals surface area (Å²) in [5.41, 5.74) is 7.14. The van der Waals surface area contributed by atoms with Crippen molar-refractivity contribution in [1.29, 1.82) is 0 Å². The Bertz CT molecular complexity index is 605. The minimum Gasteiger partial charge on any atom is -0.438 e. The van der Waals surface area contributed by atoms with Gasteiger partial charge in [-0.05, 0) is 31.0 Å². The summed E-state index contributed by atoms with van der Waals surface area (Å²) in [4.78, 5) is 17.5. The van der Waals surface area contributed by atoms with Gasteiger partial charge in [0, 0.05) is 0 Å². The molecule has 1 aromatic carbocycles. The lowest BCUT2D eigenvalue weighted by molar-refractivity contribution is 0.458. The number of ether oxygens (including phenoxy) is 1. The molecule has 1 aromatic heterocycles. The van der Waals surface area contributed by atoms with E-state index < -0.39 is 0 Å². The van der Waals surface area contributed by atoms with Crippen LogP contribution in [0.25, 0.3) is 0 Å². The summed E-state index contributed by atoms with van der Waals surface area (Å²) in [6.45, 7) is 3.89. The van der Waals surface area contributed by atoms with Gasteiger partial charge in [0.2, 0.25) is 11.8 Å². The normalized spacial score (nSPS) is 10.2. The number of hydrogen-bond donors (Lipinski definition) is 2. The number of nitrogen functional groups attached to an aromatic ring is 1. The first kappa shape index (κ1) is 11.2. The predicted molar refractivity (Wildman–Crippen MR) is 65.3 cm³/mol. The van der Waals surface area contributed by atoms with Crippen molar-refractivity contribution in [2.45, 2.75) is 13.8 Å². The van der Waals surface area contributed by atoms with Gasteiger partial charge < -0.3 is 10.5 Å². The lowest BCUT2D eigenvalue weighted by Crippen LogP contribution is -2.10. The van der Waals surface area contributed by atoms with E-state index in [0.717, 1.165) is 11.1 Å². The Morgan fingerprint density at radius 2 is 2.06 bits per heavy atom. The number of aromatic nitrogens is 2. The average Bonchev–Trinajstić information content (AvgIpc) is 2.22. The third-order valence-corrected chi connectivity index (χ3v) is 2.29. The Morgan fingerprint density at radius 3 is 2.76 bits per heavy atom. The van der Waals surface area contributed by atoms with E-state index in [4.69, 9.17) is 10.5 Å². The number of nitrogens with one attached hydrogen (secondary N) is 1. The zero-order valence-corrected chi connectivity index (χ0v) is 9.65. The standard InChI is InChI=1S/C12H13N3O2/c1-7-3-4-8(2)9(5-7)17-11-6-10(16)14-12(13)15-11/h3-6H,1-2H3,(H3,13,14,15,16). The van der Waals surface area contributed by atoms with Crippen LogP contribution in [0, 0.1) is 13.8 Å². The molecular weight excluding hydrogens is 218 g/mol. The molecule has 2 aromatic rings. The molecule has 5 nitrogen and oxygen atoms in total. The Hall–Kier alpha value is -2.30. The van der Waals surface area contributed by atoms with E-state index in [2.05, 4.69) is 9.97 Å². The minimum atomic E-state index is -0.335. The first-order chi connectivity index (χ1) is 8.04. The van der Waals surface area contributed by atoms with Crippen LogP contribution >= 0.6 is 0 Å². The van der Waals surface area contributed by atoms with Crippen molar-refractivity contribution in [2.24, 2.45) is 0 Å². The molecule has 0 fully saturated rings. The highest BCUT2D eigenvalue weighted by atomic mass is 16.5. The number of nitrogens with two attached hydrogens (primary N) is 1. The van der Waals surface area contributed by atoms with Gasteiger partial charge in [-0.15, -0.1) is 0 Å². The summed E-state index contributed by atoms with van der Waals surface area (Å²) in [6, 6.07) is 7.08. The molecule has 1 heterocycles. The molecule has 0 aliphatic rings. The summed E-state index contributed by atoms with van der Waals surface area (Å²) < 4.78 is 5.54. The highest BCUT2D eigenvalue weighted by Crippen LogP contribution is 2.23. The maximum absolute atomic E-state index is 11.2. The molecule has 0 saturated heterocycles. The SMILES string of the molecule is Cc1ccc(C)c(Oc2cc(=O)[nH]c(N)n2)c1. The third kappa shape index (κ3) is 2.63. The molecule has 3 N–H and O–H groups in total. The van der Waals surface area contributed by atoms with Gasteiger partial charge in [0.25, 0.3) is 5.56 Å². The lowest BCUT2D eigenvalue weighted by Gasteiger charge is -2.08. The highest BCUT2D eigenvalue weighted by molar-refractivity contribution is 5.38. The zero-order chi connectivity index (χ0) is 12.4. The molecule has 17 heavy (non-hydrogen) atoms. The Balaban J connectivity index is 2.37. The van der Waals surface area contributed by atoms with Crippen LogP contribution in [0.1, 0.15) is 11.1 Å². The smallest absolute Gasteiger partial charge is 0.256 e. The van der Waals surface area contributed by atoms with Gasteiger partial charge in [0.15, 0.2) is 0 Å². The van der Waals surface area contributed by atoms with E-state index >= 15 is 0 Å². The van der Waals surface area contributed by atoms with Crippen molar-refractivity contribution >= 4 is 5.95 Å². The summed E-state index contributed by atoms with van der Waals surface area (Å²) in [6.07, 6.45) is 0. The molecule has 0 saturated carbocycles. The molecule has 88 valence electrons. The number of H-pyrrole nitrogens is 1. The van der Waals surface area contributed by atoms with Crippen LogP contribution in [-0.4, -0.2) is 9.97 Å². The molecule has 0 aliphatic heterocycles. The van der Waals surface area contributed by atoms with Crippen LogP contribution < -0.4 is 16.0 Å². The summed E-state index contributed by atoms with van der Waals surface area (Å²) in [5, 5.41) is 0. The first-order valence-electron chi connectivity index (χ1n) is 5.16. The summed E-state index contributed by atoms with van der Waals surface area (Å²) >= 11 is 0. The van der Waals surface area contributed by atoms with Crippen molar-refractivity contribution in [1.82, 2.24) is 9.97 Å². The maximum atomic E-state index is 11.2. The molecule has 0 aliphatic carbocycles. The van der Waals surface area contributed by atoms with Gasteiger partial charge in [0.1, 0.15) is 5.75 Å². The van der Waals surface area contributed by atoms with Crippen molar-refractivity contribution in [3.05, 3.63) is 45.7 Å². The molecule has 0 spiro atoms. The zero-order valence-electron chi connectivity index (χ0n) is 9.65. The van der Waals surface area contributed by atoms with Crippen LogP contribution in [0.3, 0.4) is 0 Å². The van der Waals surface area contributed by atoms with Crippen LogP contribution in [0.5, 0.6) is 11.6 Å². The van der Waals surface area contributed by atoms with E-state index in [-0.39, 0.29) is 17.4 Å². The van der Waals surface area contributed by atoms with Crippen molar-refractivity contribution in [3.8, 4) is 11.6 Å². The second-order valence-corrected chi connectivity index (χ2v) is 3.84. The van der Waals surface area contributed by atoms with Gasteiger partial charge in [-0.25, -0.2) is 0 Å². The number of aryl methyl sites for hydroxylation is 2. The van der Waals surface area contributed by atoms with Crippen LogP contribution in [0.4, 0.5) is 5.95 Å². The van der Waals surface area contributed by atoms with Crippen molar-refractivity contribution in [3.63, 3.8) is 0 Å². The van der Waals surface area contributed by atoms with Gasteiger partial charge in [-0.1, -0.05) is 12.1 Å². The number of rotatable bonds is 2. The Kier molecular flexibility index (Phi) is 2.82. The Morgan fingerprint density at radius 1 is 1.29 bits per heavy atom. The fraction of sp³-hybridized carbons (Fsp3) is 0.167. The summed E-state index contributed by atoms with van der Waals surface area (Å²) in [7, 11) is 0. The van der Waals surface area contributed by atoms with Crippen molar-refractivity contribution in [2.75, 3.05) is 5.73 Å². The minimum absolute atomic E-state index is 0.0396. The molecule has 5 heteroatoms. The van der Waals surface area contributed by atoms with E-state index in [9.17, 15) is 4.79 Å². The number of anilines is 1. The topological polar surface area (TPSA) is 81.0 Å². The van der Waals surface area contributed by atoms with Crippen LogP contribution in [0.2, 0.25) is 0 Å². The van der Waals surface area contributed by atoms with Gasteiger partial charge in [0.05, 0.1) is 6.07 Å². The van der Waals surface area contributed by atoms with E-state index in [1.165, 1.54) is 6.07 Å². The van der Waals surface area contributed by atoms with Gasteiger partial charge in [-0.3, -0.25) is 9.78 Å². The number of aromatic amines is 1. The largest absolute Gasteiger partial charge is 0.438 e. The molecule has 0 unspecified atom stereocenters. The van der Waals surface area contributed by atoms with Crippen LogP contribution in [-0.2, 0) is 0 Å². The number of hydrogen-bond acceptors (Lipinski definition) is 4. The third-order valence-electron chi connectivity index (χ3n) is 2.29. The summed E-state index contributed by atoms with van der Waals surface area (Å²) in [5.74, 6) is 0.903. The quantitative estimate of drug-likeness (QED) is 0.825. The highest BCUT2D eigenvalue weighted by Gasteiger charge is 2.04. The molecule has 2 rings (SSSR count). The molecule has 0 amide bonds. The number of benzene rings is 1. The fourth-order valence-corrected chi connectivity index (χ4v) is 1.44. The van der Waals surface area contributed by atoms with E-state index in [0.29, 0.717) is 5.75 Å². The van der Waals surface area contributed by atoms with Gasteiger partial charge >= 0.3 is 0 Å². The number of nitrogens with zero attached hydrogens (tertiary/aromatic N) is 1. The molecule has 0 radical (unpaired) electrons. The molecule has 0 bridgehead atoms. The predicted octanol–water partition coefficient (Wildman–Crippen LogP) is 1.76. The monoisotopic (exact) mass is 231 g/mol.